The Morgan fingerprint density at radius 2 is 1.83 bits per heavy atom. The van der Waals surface area contributed by atoms with Crippen molar-refractivity contribution in [2.75, 3.05) is 18.4 Å². The summed E-state index contributed by atoms with van der Waals surface area (Å²) in [5.74, 6) is 0.796. The van der Waals surface area contributed by atoms with E-state index in [1.54, 1.807) is 6.33 Å². The number of anilines is 2. The topological polar surface area (TPSA) is 58.1 Å². The molecule has 0 atom stereocenters. The van der Waals surface area contributed by atoms with Gasteiger partial charge in [-0.3, -0.25) is 4.79 Å². The molecule has 0 saturated heterocycles. The van der Waals surface area contributed by atoms with Crippen LogP contribution in [0.5, 0.6) is 0 Å². The molecule has 29 heavy (non-hydrogen) atoms. The summed E-state index contributed by atoms with van der Waals surface area (Å²) in [5, 5.41) is 3.30. The van der Waals surface area contributed by atoms with E-state index in [2.05, 4.69) is 41.3 Å². The molecule has 5 nitrogen and oxygen atoms in total. The minimum absolute atomic E-state index is 0.0799. The quantitative estimate of drug-likeness (QED) is 0.557. The molecule has 1 amide bonds. The van der Waals surface area contributed by atoms with Crippen LogP contribution < -0.4 is 5.32 Å². The first-order valence-electron chi connectivity index (χ1n) is 10.2. The SMILES string of the molecule is CCCCN(CC)C(=O)c1ccc(Nc2cc(-c3cccc(C)c3)ncn2)cc1. The van der Waals surface area contributed by atoms with Gasteiger partial charge in [-0.2, -0.15) is 0 Å². The van der Waals surface area contributed by atoms with Gasteiger partial charge in [-0.05, 0) is 50.6 Å². The minimum Gasteiger partial charge on any atom is -0.340 e. The lowest BCUT2D eigenvalue weighted by molar-refractivity contribution is 0.0762. The maximum atomic E-state index is 12.7. The summed E-state index contributed by atoms with van der Waals surface area (Å²) in [4.78, 5) is 23.3. The highest BCUT2D eigenvalue weighted by atomic mass is 16.2. The van der Waals surface area contributed by atoms with E-state index in [0.29, 0.717) is 11.4 Å². The van der Waals surface area contributed by atoms with Crippen molar-refractivity contribution in [3.63, 3.8) is 0 Å². The Morgan fingerprint density at radius 1 is 1.03 bits per heavy atom. The molecule has 2 aromatic carbocycles. The molecule has 0 bridgehead atoms. The van der Waals surface area contributed by atoms with Crippen molar-refractivity contribution in [3.05, 3.63) is 72.1 Å². The highest BCUT2D eigenvalue weighted by molar-refractivity contribution is 5.94. The van der Waals surface area contributed by atoms with Crippen LogP contribution >= 0.6 is 0 Å². The second-order valence-corrected chi connectivity index (χ2v) is 7.10. The summed E-state index contributed by atoms with van der Waals surface area (Å²) in [6.45, 7) is 7.74. The molecule has 0 saturated carbocycles. The van der Waals surface area contributed by atoms with Crippen molar-refractivity contribution in [1.29, 1.82) is 0 Å². The summed E-state index contributed by atoms with van der Waals surface area (Å²) in [6, 6.07) is 17.7. The number of aromatic nitrogens is 2. The van der Waals surface area contributed by atoms with E-state index in [4.69, 9.17) is 0 Å². The predicted molar refractivity (Wildman–Crippen MR) is 118 cm³/mol. The number of amides is 1. The molecule has 0 spiro atoms. The number of unbranched alkanes of at least 4 members (excludes halogenated alkanes) is 1. The van der Waals surface area contributed by atoms with E-state index in [0.717, 1.165) is 42.9 Å². The summed E-state index contributed by atoms with van der Waals surface area (Å²) in [7, 11) is 0. The Labute approximate surface area is 172 Å². The second-order valence-electron chi connectivity index (χ2n) is 7.10. The molecule has 1 heterocycles. The summed E-state index contributed by atoms with van der Waals surface area (Å²) in [5.41, 5.74) is 4.70. The maximum absolute atomic E-state index is 12.7. The Balaban J connectivity index is 1.71. The van der Waals surface area contributed by atoms with Crippen LogP contribution in [-0.2, 0) is 0 Å². The number of nitrogens with zero attached hydrogens (tertiary/aromatic N) is 3. The van der Waals surface area contributed by atoms with Gasteiger partial charge in [0.1, 0.15) is 12.1 Å². The van der Waals surface area contributed by atoms with Crippen molar-refractivity contribution in [2.24, 2.45) is 0 Å². The first-order chi connectivity index (χ1) is 14.1. The number of benzene rings is 2. The van der Waals surface area contributed by atoms with Gasteiger partial charge < -0.3 is 10.2 Å². The fourth-order valence-corrected chi connectivity index (χ4v) is 3.17. The summed E-state index contributed by atoms with van der Waals surface area (Å²) in [6.07, 6.45) is 3.66. The van der Waals surface area contributed by atoms with E-state index in [1.807, 2.05) is 54.3 Å². The normalized spacial score (nSPS) is 10.6. The van der Waals surface area contributed by atoms with Gasteiger partial charge in [0, 0.05) is 36.0 Å². The lowest BCUT2D eigenvalue weighted by Gasteiger charge is -2.20. The van der Waals surface area contributed by atoms with Crippen LogP contribution in [0, 0.1) is 6.92 Å². The van der Waals surface area contributed by atoms with Gasteiger partial charge in [0.2, 0.25) is 0 Å². The second kappa shape index (κ2) is 9.82. The highest BCUT2D eigenvalue weighted by Crippen LogP contribution is 2.22. The number of nitrogens with one attached hydrogen (secondary N) is 1. The number of carbonyl (C=O) groups excluding carboxylic acids is 1. The zero-order valence-electron chi connectivity index (χ0n) is 17.4. The fourth-order valence-electron chi connectivity index (χ4n) is 3.17. The molecule has 5 heteroatoms. The van der Waals surface area contributed by atoms with Crippen molar-refractivity contribution in [3.8, 4) is 11.3 Å². The van der Waals surface area contributed by atoms with E-state index in [-0.39, 0.29) is 5.91 Å². The van der Waals surface area contributed by atoms with E-state index in [1.165, 1.54) is 5.56 Å². The average Bonchev–Trinajstić information content (AvgIpc) is 2.75. The standard InChI is InChI=1S/C24H28N4O/c1-4-6-14-28(5-2)24(29)19-10-12-21(13-11-19)27-23-16-22(25-17-26-23)20-9-7-8-18(3)15-20/h7-13,15-17H,4-6,14H2,1-3H3,(H,25,26,27). The third-order valence-electron chi connectivity index (χ3n) is 4.84. The fraction of sp³-hybridized carbons (Fsp3) is 0.292. The minimum atomic E-state index is 0.0799. The van der Waals surface area contributed by atoms with Crippen molar-refractivity contribution in [1.82, 2.24) is 14.9 Å². The molecule has 0 fully saturated rings. The maximum Gasteiger partial charge on any atom is 0.253 e. The number of carbonyl (C=O) groups is 1. The summed E-state index contributed by atoms with van der Waals surface area (Å²) >= 11 is 0. The van der Waals surface area contributed by atoms with Gasteiger partial charge in [-0.1, -0.05) is 37.1 Å². The van der Waals surface area contributed by atoms with E-state index < -0.39 is 0 Å². The van der Waals surface area contributed by atoms with Gasteiger partial charge in [0.25, 0.3) is 5.91 Å². The predicted octanol–water partition coefficient (Wildman–Crippen LogP) is 5.46. The molecule has 0 unspecified atom stereocenters. The number of hydrogen-bond acceptors (Lipinski definition) is 4. The van der Waals surface area contributed by atoms with E-state index >= 15 is 0 Å². The van der Waals surface area contributed by atoms with Crippen LogP contribution in [0.15, 0.2) is 60.9 Å². The molecule has 3 rings (SSSR count). The van der Waals surface area contributed by atoms with Crippen LogP contribution in [0.4, 0.5) is 11.5 Å². The molecule has 150 valence electrons. The number of aryl methyl sites for hydroxylation is 1. The van der Waals surface area contributed by atoms with Crippen molar-refractivity contribution < 1.29 is 4.79 Å². The van der Waals surface area contributed by atoms with Gasteiger partial charge in [0.05, 0.1) is 5.69 Å². The van der Waals surface area contributed by atoms with Gasteiger partial charge >= 0.3 is 0 Å². The van der Waals surface area contributed by atoms with Gasteiger partial charge in [-0.25, -0.2) is 9.97 Å². The molecule has 1 aromatic heterocycles. The molecule has 3 aromatic rings. The molecule has 0 aliphatic heterocycles. The Bertz CT molecular complexity index is 953. The average molecular weight is 389 g/mol. The summed E-state index contributed by atoms with van der Waals surface area (Å²) < 4.78 is 0. The smallest absolute Gasteiger partial charge is 0.253 e. The van der Waals surface area contributed by atoms with Crippen molar-refractivity contribution in [2.45, 2.75) is 33.6 Å². The van der Waals surface area contributed by atoms with E-state index in [9.17, 15) is 4.79 Å². The lowest BCUT2D eigenvalue weighted by Crippen LogP contribution is -2.31. The van der Waals surface area contributed by atoms with Crippen LogP contribution in [0.25, 0.3) is 11.3 Å². The zero-order chi connectivity index (χ0) is 20.6. The molecule has 0 aliphatic rings. The van der Waals surface area contributed by atoms with Crippen LogP contribution in [-0.4, -0.2) is 33.9 Å². The molecular weight excluding hydrogens is 360 g/mol. The third-order valence-corrected chi connectivity index (χ3v) is 4.84. The van der Waals surface area contributed by atoms with Crippen LogP contribution in [0.1, 0.15) is 42.6 Å². The largest absolute Gasteiger partial charge is 0.340 e. The number of hydrogen-bond donors (Lipinski definition) is 1. The van der Waals surface area contributed by atoms with Gasteiger partial charge in [-0.15, -0.1) is 0 Å². The van der Waals surface area contributed by atoms with Crippen molar-refractivity contribution >= 4 is 17.4 Å². The zero-order valence-corrected chi connectivity index (χ0v) is 17.4. The Morgan fingerprint density at radius 3 is 2.52 bits per heavy atom. The monoisotopic (exact) mass is 388 g/mol. The Kier molecular flexibility index (Phi) is 6.95. The molecular formula is C24H28N4O. The number of rotatable bonds is 8. The molecule has 0 radical (unpaired) electrons. The first kappa shape index (κ1) is 20.5. The van der Waals surface area contributed by atoms with Crippen LogP contribution in [0.3, 0.4) is 0 Å². The first-order valence-corrected chi connectivity index (χ1v) is 10.2. The van der Waals surface area contributed by atoms with Gasteiger partial charge in [0.15, 0.2) is 0 Å². The van der Waals surface area contributed by atoms with Crippen LogP contribution in [0.2, 0.25) is 0 Å². The third kappa shape index (κ3) is 5.41. The Hall–Kier alpha value is -3.21. The molecule has 0 aliphatic carbocycles. The lowest BCUT2D eigenvalue weighted by atomic mass is 10.1. The highest BCUT2D eigenvalue weighted by Gasteiger charge is 2.13. The molecule has 1 N–H and O–H groups in total.